The summed E-state index contributed by atoms with van der Waals surface area (Å²) < 4.78 is 5.82. The SMILES string of the molecule is COc1nc(/C(N)=N/OCC(=O)C2CCCCC2)ccc1Br. The molecule has 1 fully saturated rings. The maximum atomic E-state index is 12.0. The molecule has 6 nitrogen and oxygen atoms in total. The summed E-state index contributed by atoms with van der Waals surface area (Å²) in [5.74, 6) is 0.727. The van der Waals surface area contributed by atoms with E-state index < -0.39 is 0 Å². The second-order valence-electron chi connectivity index (χ2n) is 5.24. The largest absolute Gasteiger partial charge is 0.480 e. The Morgan fingerprint density at radius 2 is 2.14 bits per heavy atom. The van der Waals surface area contributed by atoms with Crippen LogP contribution < -0.4 is 10.5 Å². The van der Waals surface area contributed by atoms with Gasteiger partial charge in [-0.3, -0.25) is 4.79 Å². The molecule has 1 aromatic heterocycles. The van der Waals surface area contributed by atoms with Crippen molar-refractivity contribution in [3.8, 4) is 5.88 Å². The first kappa shape index (κ1) is 16.7. The van der Waals surface area contributed by atoms with Gasteiger partial charge in [-0.25, -0.2) is 4.98 Å². The Morgan fingerprint density at radius 1 is 1.41 bits per heavy atom. The Labute approximate surface area is 138 Å². The quantitative estimate of drug-likeness (QED) is 0.473. The molecule has 2 N–H and O–H groups in total. The van der Waals surface area contributed by atoms with Crippen LogP contribution in [0.4, 0.5) is 0 Å². The van der Waals surface area contributed by atoms with Crippen molar-refractivity contribution >= 4 is 27.5 Å². The third-order valence-electron chi connectivity index (χ3n) is 3.70. The molecular formula is C15H20BrN3O3. The van der Waals surface area contributed by atoms with Gasteiger partial charge in [0, 0.05) is 5.92 Å². The summed E-state index contributed by atoms with van der Waals surface area (Å²) in [6, 6.07) is 3.45. The lowest BCUT2D eigenvalue weighted by Crippen LogP contribution is -2.22. The number of aromatic nitrogens is 1. The second kappa shape index (κ2) is 8.12. The zero-order valence-electron chi connectivity index (χ0n) is 12.5. The lowest BCUT2D eigenvalue weighted by Gasteiger charge is -2.19. The van der Waals surface area contributed by atoms with Crippen molar-refractivity contribution in [1.29, 1.82) is 0 Å². The highest BCUT2D eigenvalue weighted by Gasteiger charge is 2.21. The maximum Gasteiger partial charge on any atom is 0.228 e. The van der Waals surface area contributed by atoms with E-state index in [4.69, 9.17) is 15.3 Å². The number of oxime groups is 1. The first-order chi connectivity index (χ1) is 10.6. The van der Waals surface area contributed by atoms with Gasteiger partial charge in [0.15, 0.2) is 18.2 Å². The van der Waals surface area contributed by atoms with E-state index in [2.05, 4.69) is 26.1 Å². The maximum absolute atomic E-state index is 12.0. The Balaban J connectivity index is 1.90. The van der Waals surface area contributed by atoms with Gasteiger partial charge in [0.1, 0.15) is 5.69 Å². The number of rotatable bonds is 6. The molecule has 0 radical (unpaired) electrons. The summed E-state index contributed by atoms with van der Waals surface area (Å²) in [6.45, 7) is -0.0426. The van der Waals surface area contributed by atoms with E-state index in [0.717, 1.165) is 30.2 Å². The van der Waals surface area contributed by atoms with E-state index in [1.807, 2.05) is 0 Å². The Hall–Kier alpha value is -1.63. The molecule has 7 heteroatoms. The van der Waals surface area contributed by atoms with Crippen LogP contribution in [0, 0.1) is 5.92 Å². The zero-order chi connectivity index (χ0) is 15.9. The van der Waals surface area contributed by atoms with Crippen LogP contribution in [0.25, 0.3) is 0 Å². The van der Waals surface area contributed by atoms with Crippen LogP contribution in [-0.2, 0) is 9.63 Å². The minimum absolute atomic E-state index is 0.0426. The topological polar surface area (TPSA) is 86.8 Å². The van der Waals surface area contributed by atoms with Crippen LogP contribution in [0.3, 0.4) is 0 Å². The highest BCUT2D eigenvalue weighted by atomic mass is 79.9. The minimum atomic E-state index is -0.0426. The molecule has 0 amide bonds. The van der Waals surface area contributed by atoms with Gasteiger partial charge in [0.05, 0.1) is 11.6 Å². The molecule has 1 aliphatic carbocycles. The number of halogens is 1. The van der Waals surface area contributed by atoms with Gasteiger partial charge in [-0.05, 0) is 40.9 Å². The van der Waals surface area contributed by atoms with Gasteiger partial charge in [-0.1, -0.05) is 24.4 Å². The fourth-order valence-corrected chi connectivity index (χ4v) is 2.85. The predicted molar refractivity (Wildman–Crippen MR) is 86.7 cm³/mol. The van der Waals surface area contributed by atoms with Crippen LogP contribution in [-0.4, -0.2) is 30.3 Å². The molecule has 120 valence electrons. The number of hydrogen-bond acceptors (Lipinski definition) is 5. The molecule has 0 aromatic carbocycles. The Kier molecular flexibility index (Phi) is 6.18. The molecule has 1 heterocycles. The molecule has 1 aliphatic rings. The molecule has 0 saturated heterocycles. The van der Waals surface area contributed by atoms with Gasteiger partial charge >= 0.3 is 0 Å². The lowest BCUT2D eigenvalue weighted by atomic mass is 9.86. The van der Waals surface area contributed by atoms with E-state index >= 15 is 0 Å². The zero-order valence-corrected chi connectivity index (χ0v) is 14.1. The van der Waals surface area contributed by atoms with Crippen molar-refractivity contribution in [2.45, 2.75) is 32.1 Å². The van der Waals surface area contributed by atoms with Gasteiger partial charge < -0.3 is 15.3 Å². The number of hydrogen-bond donors (Lipinski definition) is 1. The number of pyridine rings is 1. The molecule has 2 rings (SSSR count). The van der Waals surface area contributed by atoms with Crippen molar-refractivity contribution in [3.05, 3.63) is 22.3 Å². The van der Waals surface area contributed by atoms with E-state index in [1.165, 1.54) is 13.5 Å². The monoisotopic (exact) mass is 369 g/mol. The van der Waals surface area contributed by atoms with E-state index in [9.17, 15) is 4.79 Å². The molecular weight excluding hydrogens is 350 g/mol. The van der Waals surface area contributed by atoms with Crippen LogP contribution >= 0.6 is 15.9 Å². The summed E-state index contributed by atoms with van der Waals surface area (Å²) in [6.07, 6.45) is 5.35. The van der Waals surface area contributed by atoms with Crippen LogP contribution in [0.15, 0.2) is 21.8 Å². The fourth-order valence-electron chi connectivity index (χ4n) is 2.46. The first-order valence-electron chi connectivity index (χ1n) is 7.31. The third-order valence-corrected chi connectivity index (χ3v) is 4.30. The van der Waals surface area contributed by atoms with Gasteiger partial charge in [-0.15, -0.1) is 0 Å². The number of ketones is 1. The molecule has 0 unspecified atom stereocenters. The average Bonchev–Trinajstić information content (AvgIpc) is 2.55. The number of nitrogens with zero attached hydrogens (tertiary/aromatic N) is 2. The summed E-state index contributed by atoms with van der Waals surface area (Å²) in [7, 11) is 1.52. The van der Waals surface area contributed by atoms with E-state index in [-0.39, 0.29) is 24.1 Å². The number of carbonyl (C=O) groups is 1. The highest BCUT2D eigenvalue weighted by molar-refractivity contribution is 9.10. The summed E-state index contributed by atoms with van der Waals surface area (Å²) in [4.78, 5) is 21.3. The standard InChI is InChI=1S/C15H20BrN3O3/c1-21-15-11(16)7-8-12(18-15)14(17)19-22-9-13(20)10-5-3-2-4-6-10/h7-8,10H,2-6,9H2,1H3,(H2,17,19). The molecule has 22 heavy (non-hydrogen) atoms. The van der Waals surface area contributed by atoms with Crippen molar-refractivity contribution in [3.63, 3.8) is 0 Å². The number of Topliss-reactive ketones (excluding diaryl/α,β-unsaturated/α-hetero) is 1. The molecule has 0 spiro atoms. The highest BCUT2D eigenvalue weighted by Crippen LogP contribution is 2.24. The summed E-state index contributed by atoms with van der Waals surface area (Å²) >= 11 is 3.31. The predicted octanol–water partition coefficient (Wildman–Crippen LogP) is 2.64. The van der Waals surface area contributed by atoms with Crippen molar-refractivity contribution in [2.75, 3.05) is 13.7 Å². The average molecular weight is 370 g/mol. The van der Waals surface area contributed by atoms with Crippen LogP contribution in [0.1, 0.15) is 37.8 Å². The van der Waals surface area contributed by atoms with Gasteiger partial charge in [0.2, 0.25) is 5.88 Å². The minimum Gasteiger partial charge on any atom is -0.480 e. The molecule has 0 aliphatic heterocycles. The second-order valence-corrected chi connectivity index (χ2v) is 6.09. The summed E-state index contributed by atoms with van der Waals surface area (Å²) in [5.41, 5.74) is 6.25. The third kappa shape index (κ3) is 4.43. The van der Waals surface area contributed by atoms with Gasteiger partial charge in [-0.2, -0.15) is 0 Å². The normalized spacial score (nSPS) is 16.4. The number of ether oxygens (including phenoxy) is 1. The smallest absolute Gasteiger partial charge is 0.228 e. The Bertz CT molecular complexity index is 557. The number of nitrogens with two attached hydrogens (primary N) is 1. The van der Waals surface area contributed by atoms with E-state index in [1.54, 1.807) is 12.1 Å². The lowest BCUT2D eigenvalue weighted by molar-refractivity contribution is -0.128. The van der Waals surface area contributed by atoms with Crippen LogP contribution in [0.5, 0.6) is 5.88 Å². The molecule has 0 bridgehead atoms. The van der Waals surface area contributed by atoms with Gasteiger partial charge in [0.25, 0.3) is 0 Å². The first-order valence-corrected chi connectivity index (χ1v) is 8.10. The number of carbonyl (C=O) groups excluding carboxylic acids is 1. The summed E-state index contributed by atoms with van der Waals surface area (Å²) in [5, 5.41) is 3.77. The van der Waals surface area contributed by atoms with E-state index in [0.29, 0.717) is 11.6 Å². The molecule has 0 atom stereocenters. The number of amidine groups is 1. The Morgan fingerprint density at radius 3 is 2.82 bits per heavy atom. The molecule has 1 saturated carbocycles. The number of methoxy groups -OCH3 is 1. The fraction of sp³-hybridized carbons (Fsp3) is 0.533. The van der Waals surface area contributed by atoms with Crippen LogP contribution in [0.2, 0.25) is 0 Å². The van der Waals surface area contributed by atoms with Crippen molar-refractivity contribution < 1.29 is 14.4 Å². The molecule has 1 aromatic rings. The van der Waals surface area contributed by atoms with Crippen molar-refractivity contribution in [1.82, 2.24) is 4.98 Å². The van der Waals surface area contributed by atoms with Crippen molar-refractivity contribution in [2.24, 2.45) is 16.8 Å².